The minimum absolute atomic E-state index is 0.180. The van der Waals surface area contributed by atoms with Crippen molar-refractivity contribution in [3.05, 3.63) is 115 Å². The molecule has 7 nitrogen and oxygen atoms in total. The molecule has 186 valence electrons. The summed E-state index contributed by atoms with van der Waals surface area (Å²) in [5.74, 6) is 0.496. The molecule has 0 saturated carbocycles. The maximum absolute atomic E-state index is 13.0. The first-order valence-corrected chi connectivity index (χ1v) is 12.2. The molecule has 0 aliphatic rings. The van der Waals surface area contributed by atoms with Crippen molar-refractivity contribution in [2.45, 2.75) is 0 Å². The van der Waals surface area contributed by atoms with Gasteiger partial charge in [-0.1, -0.05) is 36.4 Å². The molecule has 0 fully saturated rings. The Kier molecular flexibility index (Phi) is 5.94. The number of rotatable bonds is 6. The zero-order valence-electron chi connectivity index (χ0n) is 21.0. The van der Waals surface area contributed by atoms with Crippen molar-refractivity contribution < 1.29 is 9.21 Å². The summed E-state index contributed by atoms with van der Waals surface area (Å²) in [6.45, 7) is 0. The van der Waals surface area contributed by atoms with Gasteiger partial charge in [0.1, 0.15) is 17.7 Å². The largest absolute Gasteiger partial charge is 0.454 e. The predicted octanol–water partition coefficient (Wildman–Crippen LogP) is 7.16. The molecule has 2 aromatic heterocycles. The average Bonchev–Trinajstić information content (AvgIpc) is 3.34. The second-order valence-corrected chi connectivity index (χ2v) is 9.10. The van der Waals surface area contributed by atoms with Crippen LogP contribution in [0.2, 0.25) is 0 Å². The average molecular weight is 500 g/mol. The Balaban J connectivity index is 1.41. The molecular formula is C31H25N5O2. The number of hydrogen-bond donors (Lipinski definition) is 1. The summed E-state index contributed by atoms with van der Waals surface area (Å²) in [6.07, 6.45) is 3.22. The first-order chi connectivity index (χ1) is 18.6. The molecule has 1 N–H and O–H groups in total. The number of nitrogens with one attached hydrogen (secondary N) is 1. The van der Waals surface area contributed by atoms with Gasteiger partial charge in [0, 0.05) is 53.7 Å². The van der Waals surface area contributed by atoms with Gasteiger partial charge in [0.15, 0.2) is 5.58 Å². The van der Waals surface area contributed by atoms with Crippen LogP contribution in [0.15, 0.2) is 114 Å². The molecule has 6 rings (SSSR count). The monoisotopic (exact) mass is 499 g/mol. The Morgan fingerprint density at radius 3 is 2.39 bits per heavy atom. The van der Waals surface area contributed by atoms with Crippen molar-refractivity contribution in [2.24, 2.45) is 0 Å². The number of nitrogens with zero attached hydrogens (tertiary/aromatic N) is 4. The SMILES string of the molecule is CN(C)c1ccc(C(=O)Nc2cccc(N(c3ccncn3)c3cccc4c3oc3ccccc34)c2)cc1. The fraction of sp³-hybridized carbons (Fsp3) is 0.0645. The highest BCUT2D eigenvalue weighted by Crippen LogP contribution is 2.41. The highest BCUT2D eigenvalue weighted by molar-refractivity contribution is 6.10. The fourth-order valence-corrected chi connectivity index (χ4v) is 4.56. The highest BCUT2D eigenvalue weighted by Gasteiger charge is 2.20. The smallest absolute Gasteiger partial charge is 0.255 e. The molecule has 0 unspecified atom stereocenters. The van der Waals surface area contributed by atoms with Crippen LogP contribution in [0.4, 0.5) is 28.6 Å². The van der Waals surface area contributed by atoms with Gasteiger partial charge in [-0.2, -0.15) is 0 Å². The number of carbonyl (C=O) groups excluding carboxylic acids is 1. The zero-order chi connectivity index (χ0) is 26.1. The van der Waals surface area contributed by atoms with Crippen LogP contribution in [0.3, 0.4) is 0 Å². The van der Waals surface area contributed by atoms with Crippen LogP contribution in [-0.4, -0.2) is 30.0 Å². The van der Waals surface area contributed by atoms with E-state index >= 15 is 0 Å². The molecule has 6 aromatic rings. The van der Waals surface area contributed by atoms with Crippen LogP contribution in [0.5, 0.6) is 0 Å². The Morgan fingerprint density at radius 2 is 1.61 bits per heavy atom. The lowest BCUT2D eigenvalue weighted by molar-refractivity contribution is 0.102. The first kappa shape index (κ1) is 23.2. The summed E-state index contributed by atoms with van der Waals surface area (Å²) >= 11 is 0. The topological polar surface area (TPSA) is 74.5 Å². The maximum atomic E-state index is 13.0. The third-order valence-electron chi connectivity index (χ3n) is 6.43. The summed E-state index contributed by atoms with van der Waals surface area (Å²) in [4.78, 5) is 25.7. The van der Waals surface area contributed by atoms with E-state index in [9.17, 15) is 4.79 Å². The summed E-state index contributed by atoms with van der Waals surface area (Å²) in [6, 6.07) is 31.1. The molecule has 0 aliphatic carbocycles. The molecule has 0 bridgehead atoms. The molecule has 0 atom stereocenters. The van der Waals surface area contributed by atoms with Crippen LogP contribution >= 0.6 is 0 Å². The second-order valence-electron chi connectivity index (χ2n) is 9.10. The van der Waals surface area contributed by atoms with Gasteiger partial charge in [-0.15, -0.1) is 0 Å². The lowest BCUT2D eigenvalue weighted by Crippen LogP contribution is -2.15. The van der Waals surface area contributed by atoms with Gasteiger partial charge in [0.05, 0.1) is 5.69 Å². The van der Waals surface area contributed by atoms with E-state index in [1.807, 2.05) is 109 Å². The number of furan rings is 1. The third-order valence-corrected chi connectivity index (χ3v) is 6.43. The number of hydrogen-bond acceptors (Lipinski definition) is 6. The van der Waals surface area contributed by atoms with Crippen molar-refractivity contribution in [2.75, 3.05) is 29.2 Å². The zero-order valence-corrected chi connectivity index (χ0v) is 21.0. The van der Waals surface area contributed by atoms with E-state index < -0.39 is 0 Å². The molecule has 0 saturated heterocycles. The van der Waals surface area contributed by atoms with Crippen LogP contribution in [0.1, 0.15) is 10.4 Å². The van der Waals surface area contributed by atoms with Crippen molar-refractivity contribution in [1.29, 1.82) is 0 Å². The van der Waals surface area contributed by atoms with Gasteiger partial charge in [-0.25, -0.2) is 9.97 Å². The number of fused-ring (bicyclic) bond motifs is 3. The number of anilines is 5. The van der Waals surface area contributed by atoms with Gasteiger partial charge >= 0.3 is 0 Å². The van der Waals surface area contributed by atoms with Crippen molar-refractivity contribution in [1.82, 2.24) is 9.97 Å². The minimum Gasteiger partial charge on any atom is -0.454 e. The van der Waals surface area contributed by atoms with Crippen LogP contribution in [-0.2, 0) is 0 Å². The normalized spacial score (nSPS) is 11.0. The van der Waals surface area contributed by atoms with Gasteiger partial charge in [0.2, 0.25) is 0 Å². The summed E-state index contributed by atoms with van der Waals surface area (Å²) in [5, 5.41) is 5.09. The van der Waals surface area contributed by atoms with Gasteiger partial charge in [-0.3, -0.25) is 9.69 Å². The first-order valence-electron chi connectivity index (χ1n) is 12.2. The number of benzene rings is 4. The molecule has 4 aromatic carbocycles. The van der Waals surface area contributed by atoms with Gasteiger partial charge in [-0.05, 0) is 60.7 Å². The van der Waals surface area contributed by atoms with E-state index in [1.54, 1.807) is 6.20 Å². The number of carbonyl (C=O) groups is 1. The van der Waals surface area contributed by atoms with Crippen LogP contribution < -0.4 is 15.1 Å². The van der Waals surface area contributed by atoms with E-state index in [0.29, 0.717) is 17.1 Å². The molecular weight excluding hydrogens is 474 g/mol. The van der Waals surface area contributed by atoms with Gasteiger partial charge < -0.3 is 14.6 Å². The minimum atomic E-state index is -0.180. The van der Waals surface area contributed by atoms with Crippen molar-refractivity contribution in [3.8, 4) is 0 Å². The number of para-hydroxylation sites is 2. The van der Waals surface area contributed by atoms with Gasteiger partial charge in [0.25, 0.3) is 5.91 Å². The maximum Gasteiger partial charge on any atom is 0.255 e. The van der Waals surface area contributed by atoms with Crippen LogP contribution in [0, 0.1) is 0 Å². The third kappa shape index (κ3) is 4.30. The molecule has 0 radical (unpaired) electrons. The molecule has 2 heterocycles. The highest BCUT2D eigenvalue weighted by atomic mass is 16.3. The summed E-state index contributed by atoms with van der Waals surface area (Å²) in [7, 11) is 3.94. The number of aromatic nitrogens is 2. The molecule has 1 amide bonds. The standard InChI is InChI=1S/C31H25N5O2/c1-35(2)23-15-13-21(14-16-23)31(37)34-22-7-5-8-24(19-22)36(29-17-18-32-20-33-29)27-11-6-10-26-25-9-3-4-12-28(25)38-30(26)27/h3-20H,1-2H3,(H,34,37). The summed E-state index contributed by atoms with van der Waals surface area (Å²) < 4.78 is 6.33. The Morgan fingerprint density at radius 1 is 0.816 bits per heavy atom. The quantitative estimate of drug-likeness (QED) is 0.262. The Bertz CT molecular complexity index is 1740. The van der Waals surface area contributed by atoms with E-state index in [-0.39, 0.29) is 5.91 Å². The Labute approximate surface area is 220 Å². The van der Waals surface area contributed by atoms with E-state index in [0.717, 1.165) is 39.0 Å². The Hall–Kier alpha value is -5.17. The van der Waals surface area contributed by atoms with E-state index in [4.69, 9.17) is 4.42 Å². The summed E-state index contributed by atoms with van der Waals surface area (Å²) in [5.41, 5.74) is 5.50. The molecule has 38 heavy (non-hydrogen) atoms. The van der Waals surface area contributed by atoms with Crippen molar-refractivity contribution in [3.63, 3.8) is 0 Å². The fourth-order valence-electron chi connectivity index (χ4n) is 4.56. The lowest BCUT2D eigenvalue weighted by atomic mass is 10.1. The predicted molar refractivity (Wildman–Crippen MR) is 153 cm³/mol. The van der Waals surface area contributed by atoms with Crippen molar-refractivity contribution >= 4 is 56.4 Å². The van der Waals surface area contributed by atoms with Crippen LogP contribution in [0.25, 0.3) is 21.9 Å². The molecule has 0 spiro atoms. The molecule has 0 aliphatic heterocycles. The second kappa shape index (κ2) is 9.71. The molecule has 7 heteroatoms. The lowest BCUT2D eigenvalue weighted by Gasteiger charge is -2.24. The van der Waals surface area contributed by atoms with E-state index in [2.05, 4.69) is 27.4 Å². The van der Waals surface area contributed by atoms with E-state index in [1.165, 1.54) is 6.33 Å². The number of amides is 1.